The fourth-order valence-electron chi connectivity index (χ4n) is 3.07. The SMILES string of the molecule is CC(=O)O[C@H]1C#C/C=C\C#C[C@]2(O[Si](C)(C)C(C)(C)C)CC1=C(C)[C@H](O)C2. The Morgan fingerprint density at radius 2 is 1.93 bits per heavy atom. The summed E-state index contributed by atoms with van der Waals surface area (Å²) in [6.07, 6.45) is 2.78. The highest BCUT2D eigenvalue weighted by Gasteiger charge is 2.48. The van der Waals surface area contributed by atoms with E-state index in [1.54, 1.807) is 12.2 Å². The molecule has 0 aromatic carbocycles. The molecule has 4 nitrogen and oxygen atoms in total. The average Bonchev–Trinajstić information content (AvgIpc) is 2.51. The maximum Gasteiger partial charge on any atom is 0.304 e. The maximum atomic E-state index is 11.6. The van der Waals surface area contributed by atoms with Gasteiger partial charge in [0.15, 0.2) is 14.4 Å². The Morgan fingerprint density at radius 1 is 1.30 bits per heavy atom. The molecule has 0 saturated heterocycles. The van der Waals surface area contributed by atoms with Crippen LogP contribution in [-0.4, -0.2) is 37.2 Å². The molecular formula is C22H30O4Si. The minimum atomic E-state index is -2.16. The summed E-state index contributed by atoms with van der Waals surface area (Å²) in [5, 5.41) is 10.8. The number of allylic oxidation sites excluding steroid dienone is 2. The zero-order chi connectivity index (χ0) is 20.5. The Bertz CT molecular complexity index is 792. The molecule has 2 aliphatic rings. The number of carbonyl (C=O) groups is 1. The van der Waals surface area contributed by atoms with Gasteiger partial charge >= 0.3 is 5.97 Å². The van der Waals surface area contributed by atoms with E-state index in [-0.39, 0.29) is 5.04 Å². The largest absolute Gasteiger partial charge is 0.445 e. The standard InChI is InChI=1S/C22H30O4Si/c1-16-18-14-22(15-19(16)24,26-27(6,7)21(3,4)5)13-11-9-8-10-12-20(18)25-17(2)23/h8-9,19-20,24H,14-15H2,1-7H3/b9-8-/t19-,20+,22+/m1/s1. The zero-order valence-electron chi connectivity index (χ0n) is 17.4. The first kappa shape index (κ1) is 21.5. The van der Waals surface area contributed by atoms with E-state index in [0.29, 0.717) is 12.8 Å². The van der Waals surface area contributed by atoms with Crippen molar-refractivity contribution in [1.82, 2.24) is 0 Å². The van der Waals surface area contributed by atoms with Crippen LogP contribution in [0.2, 0.25) is 18.1 Å². The maximum absolute atomic E-state index is 11.6. The molecule has 146 valence electrons. The van der Waals surface area contributed by atoms with E-state index in [1.165, 1.54) is 6.92 Å². The van der Waals surface area contributed by atoms with E-state index in [2.05, 4.69) is 57.5 Å². The molecule has 0 spiro atoms. The molecule has 3 atom stereocenters. The molecule has 0 radical (unpaired) electrons. The van der Waals surface area contributed by atoms with Gasteiger partial charge in [-0.15, -0.1) is 0 Å². The predicted octanol–water partition coefficient (Wildman–Crippen LogP) is 3.73. The van der Waals surface area contributed by atoms with Crippen LogP contribution in [-0.2, 0) is 14.0 Å². The Morgan fingerprint density at radius 3 is 2.52 bits per heavy atom. The number of hydrogen-bond acceptors (Lipinski definition) is 4. The zero-order valence-corrected chi connectivity index (χ0v) is 18.4. The highest BCUT2D eigenvalue weighted by Crippen LogP contribution is 2.45. The molecule has 2 aliphatic carbocycles. The third kappa shape index (κ3) is 4.93. The fourth-order valence-corrected chi connectivity index (χ4v) is 4.56. The first-order valence-electron chi connectivity index (χ1n) is 9.31. The summed E-state index contributed by atoms with van der Waals surface area (Å²) in [4.78, 5) is 11.6. The molecule has 2 bridgehead atoms. The fraction of sp³-hybridized carbons (Fsp3) is 0.591. The number of aliphatic hydroxyl groups is 1. The number of esters is 1. The number of ether oxygens (including phenoxy) is 1. The summed E-state index contributed by atoms with van der Waals surface area (Å²) in [5.74, 6) is 11.7. The Labute approximate surface area is 164 Å². The van der Waals surface area contributed by atoms with Crippen molar-refractivity contribution < 1.29 is 19.1 Å². The van der Waals surface area contributed by atoms with Crippen LogP contribution in [0.3, 0.4) is 0 Å². The highest BCUT2D eigenvalue weighted by molar-refractivity contribution is 6.74. The summed E-state index contributed by atoms with van der Waals surface area (Å²) in [6.45, 7) is 14.1. The van der Waals surface area contributed by atoms with E-state index in [4.69, 9.17) is 9.16 Å². The number of hydrogen-bond donors (Lipinski definition) is 1. The van der Waals surface area contributed by atoms with E-state index in [0.717, 1.165) is 11.1 Å². The number of aliphatic hydroxyl groups excluding tert-OH is 1. The van der Waals surface area contributed by atoms with Gasteiger partial charge in [-0.25, -0.2) is 0 Å². The van der Waals surface area contributed by atoms with Gasteiger partial charge in [-0.2, -0.15) is 0 Å². The molecule has 0 aromatic heterocycles. The van der Waals surface area contributed by atoms with Crippen molar-refractivity contribution in [2.45, 2.75) is 83.4 Å². The van der Waals surface area contributed by atoms with Gasteiger partial charge in [-0.05, 0) is 54.3 Å². The van der Waals surface area contributed by atoms with Gasteiger partial charge in [0.25, 0.3) is 0 Å². The van der Waals surface area contributed by atoms with Crippen LogP contribution in [0.1, 0.15) is 47.5 Å². The summed E-state index contributed by atoms with van der Waals surface area (Å²) < 4.78 is 12.2. The third-order valence-electron chi connectivity index (χ3n) is 5.63. The van der Waals surface area contributed by atoms with Crippen LogP contribution in [0.4, 0.5) is 0 Å². The molecule has 0 amide bonds. The topological polar surface area (TPSA) is 55.8 Å². The van der Waals surface area contributed by atoms with Gasteiger partial charge in [-0.3, -0.25) is 4.79 Å². The molecule has 0 heterocycles. The van der Waals surface area contributed by atoms with Crippen molar-refractivity contribution >= 4 is 14.3 Å². The molecule has 0 aliphatic heterocycles. The lowest BCUT2D eigenvalue weighted by Crippen LogP contribution is -2.52. The first-order valence-corrected chi connectivity index (χ1v) is 12.2. The predicted molar refractivity (Wildman–Crippen MR) is 109 cm³/mol. The smallest absolute Gasteiger partial charge is 0.304 e. The number of rotatable bonds is 3. The summed E-state index contributed by atoms with van der Waals surface area (Å²) >= 11 is 0. The van der Waals surface area contributed by atoms with Crippen molar-refractivity contribution in [2.75, 3.05) is 0 Å². The lowest BCUT2D eigenvalue weighted by molar-refractivity contribution is -0.142. The van der Waals surface area contributed by atoms with Gasteiger partial charge < -0.3 is 14.3 Å². The second kappa shape index (κ2) is 7.68. The summed E-state index contributed by atoms with van der Waals surface area (Å²) in [7, 11) is -2.16. The van der Waals surface area contributed by atoms with Crippen molar-refractivity contribution in [2.24, 2.45) is 0 Å². The summed E-state index contributed by atoms with van der Waals surface area (Å²) in [5.41, 5.74) is 0.759. The number of fused-ring (bicyclic) bond motifs is 2. The second-order valence-corrected chi connectivity index (χ2v) is 13.6. The first-order chi connectivity index (χ1) is 12.4. The van der Waals surface area contributed by atoms with Gasteiger partial charge in [0.2, 0.25) is 0 Å². The van der Waals surface area contributed by atoms with Crippen molar-refractivity contribution in [3.8, 4) is 23.7 Å². The van der Waals surface area contributed by atoms with Crippen LogP contribution in [0.15, 0.2) is 23.3 Å². The molecular weight excluding hydrogens is 356 g/mol. The Hall–Kier alpha value is -1.79. The molecule has 0 unspecified atom stereocenters. The molecule has 27 heavy (non-hydrogen) atoms. The van der Waals surface area contributed by atoms with E-state index in [1.807, 2.05) is 6.92 Å². The van der Waals surface area contributed by atoms with Gasteiger partial charge in [0.1, 0.15) is 5.60 Å². The number of carbonyl (C=O) groups excluding carboxylic acids is 1. The average molecular weight is 387 g/mol. The van der Waals surface area contributed by atoms with Crippen molar-refractivity contribution in [1.29, 1.82) is 0 Å². The van der Waals surface area contributed by atoms with Crippen LogP contribution in [0.25, 0.3) is 0 Å². The van der Waals surface area contributed by atoms with E-state index in [9.17, 15) is 9.90 Å². The van der Waals surface area contributed by atoms with Crippen molar-refractivity contribution in [3.05, 3.63) is 23.3 Å². The monoisotopic (exact) mass is 386 g/mol. The molecule has 2 rings (SSSR count). The normalized spacial score (nSPS) is 29.0. The molecule has 0 aromatic rings. The quantitative estimate of drug-likeness (QED) is 0.348. The molecule has 0 fully saturated rings. The Kier molecular flexibility index (Phi) is 6.12. The van der Waals surface area contributed by atoms with Crippen LogP contribution < -0.4 is 0 Å². The summed E-state index contributed by atoms with van der Waals surface area (Å²) in [6, 6.07) is 0. The van der Waals surface area contributed by atoms with Gasteiger partial charge in [0.05, 0.1) is 6.10 Å². The molecule has 1 N–H and O–H groups in total. The van der Waals surface area contributed by atoms with Crippen LogP contribution in [0.5, 0.6) is 0 Å². The van der Waals surface area contributed by atoms with Crippen molar-refractivity contribution in [3.63, 3.8) is 0 Å². The lowest BCUT2D eigenvalue weighted by atomic mass is 9.77. The van der Waals surface area contributed by atoms with Gasteiger partial charge in [-0.1, -0.05) is 38.5 Å². The van der Waals surface area contributed by atoms with E-state index >= 15 is 0 Å². The third-order valence-corrected chi connectivity index (χ3v) is 10.1. The van der Waals surface area contributed by atoms with Gasteiger partial charge in [0, 0.05) is 19.8 Å². The Balaban J connectivity index is 2.57. The van der Waals surface area contributed by atoms with E-state index < -0.39 is 32.1 Å². The van der Waals surface area contributed by atoms with Crippen LogP contribution in [0, 0.1) is 23.7 Å². The minimum Gasteiger partial charge on any atom is -0.445 e. The lowest BCUT2D eigenvalue weighted by Gasteiger charge is -2.47. The molecule has 0 saturated carbocycles. The minimum absolute atomic E-state index is 0.00496. The highest BCUT2D eigenvalue weighted by atomic mass is 28.4. The second-order valence-electron chi connectivity index (χ2n) is 8.84. The molecule has 5 heteroatoms. The van der Waals surface area contributed by atoms with Crippen LogP contribution >= 0.6 is 0 Å².